The van der Waals surface area contributed by atoms with Crippen LogP contribution in [0.25, 0.3) is 0 Å². The number of rotatable bonds is 7. The van der Waals surface area contributed by atoms with Gasteiger partial charge in [-0.05, 0) is 48.4 Å². The van der Waals surface area contributed by atoms with Crippen molar-refractivity contribution in [1.29, 1.82) is 0 Å². The number of amides is 4. The molecule has 1 aliphatic heterocycles. The lowest BCUT2D eigenvalue weighted by Crippen LogP contribution is -2.59. The number of carbonyl (C=O) groups is 4. The molecule has 4 amide bonds. The Labute approximate surface area is 185 Å². The van der Waals surface area contributed by atoms with Gasteiger partial charge in [-0.25, -0.2) is 4.39 Å². The molecule has 0 aliphatic carbocycles. The number of nitrogens with one attached hydrogen (secondary N) is 2. The molecule has 0 saturated carbocycles. The van der Waals surface area contributed by atoms with Crippen molar-refractivity contribution in [2.75, 3.05) is 23.7 Å². The maximum atomic E-state index is 13.1. The Morgan fingerprint density at radius 1 is 0.938 bits per heavy atom. The van der Waals surface area contributed by atoms with E-state index in [2.05, 4.69) is 10.6 Å². The molecule has 9 heteroatoms. The molecule has 2 aromatic rings. The number of benzene rings is 2. The Hall–Kier alpha value is -3.75. The third-order valence-corrected chi connectivity index (χ3v) is 5.17. The first-order valence-corrected chi connectivity index (χ1v) is 10.3. The highest BCUT2D eigenvalue weighted by molar-refractivity contribution is 6.35. The van der Waals surface area contributed by atoms with E-state index in [-0.39, 0.29) is 31.4 Å². The first-order chi connectivity index (χ1) is 15.3. The van der Waals surface area contributed by atoms with E-state index in [1.807, 2.05) is 0 Å². The second-order valence-corrected chi connectivity index (χ2v) is 7.52. The molecular weight excluding hydrogens is 415 g/mol. The van der Waals surface area contributed by atoms with E-state index in [0.29, 0.717) is 23.4 Å². The monoisotopic (exact) mass is 440 g/mol. The summed E-state index contributed by atoms with van der Waals surface area (Å²) in [6.45, 7) is 3.87. The zero-order chi connectivity index (χ0) is 23.3. The van der Waals surface area contributed by atoms with Gasteiger partial charge in [-0.1, -0.05) is 19.1 Å². The Balaban J connectivity index is 1.63. The summed E-state index contributed by atoms with van der Waals surface area (Å²) in [5.74, 6) is -2.39. The van der Waals surface area contributed by atoms with E-state index in [4.69, 9.17) is 0 Å². The summed E-state index contributed by atoms with van der Waals surface area (Å²) in [5, 5.41) is 5.40. The third-order valence-electron chi connectivity index (χ3n) is 5.17. The third kappa shape index (κ3) is 5.48. The van der Waals surface area contributed by atoms with E-state index in [9.17, 15) is 23.6 Å². The molecule has 1 fully saturated rings. The van der Waals surface area contributed by atoms with Crippen LogP contribution in [0.4, 0.5) is 15.8 Å². The molecule has 0 bridgehead atoms. The average Bonchev–Trinajstić information content (AvgIpc) is 2.76. The highest BCUT2D eigenvalue weighted by Crippen LogP contribution is 2.18. The van der Waals surface area contributed by atoms with Gasteiger partial charge in [0.2, 0.25) is 11.8 Å². The Morgan fingerprint density at radius 3 is 2.09 bits per heavy atom. The predicted octanol–water partition coefficient (Wildman–Crippen LogP) is 2.37. The standard InChI is InChI=1S/C23H25FN4O4/c1-3-20(21(30)26-19-10-8-18(9-11-19)25-15(2)29)28-13-12-27(22(31)23(28)32)14-16-4-6-17(24)7-5-16/h4-11,20H,3,12-14H2,1-2H3,(H,25,29)(H,26,30)/t20-/m0/s1. The topological polar surface area (TPSA) is 98.8 Å². The summed E-state index contributed by atoms with van der Waals surface area (Å²) in [7, 11) is 0. The van der Waals surface area contributed by atoms with Crippen molar-refractivity contribution in [2.45, 2.75) is 32.9 Å². The Bertz CT molecular complexity index is 1010. The van der Waals surface area contributed by atoms with Gasteiger partial charge in [0.1, 0.15) is 11.9 Å². The molecule has 2 N–H and O–H groups in total. The lowest BCUT2D eigenvalue weighted by atomic mass is 10.1. The second kappa shape index (κ2) is 10.0. The molecule has 1 saturated heterocycles. The minimum absolute atomic E-state index is 0.197. The van der Waals surface area contributed by atoms with Crippen LogP contribution in [0.1, 0.15) is 25.8 Å². The lowest BCUT2D eigenvalue weighted by molar-refractivity contribution is -0.159. The van der Waals surface area contributed by atoms with E-state index >= 15 is 0 Å². The summed E-state index contributed by atoms with van der Waals surface area (Å²) < 4.78 is 13.1. The molecule has 0 spiro atoms. The Kier molecular flexibility index (Phi) is 7.19. The SMILES string of the molecule is CC[C@@H](C(=O)Nc1ccc(NC(C)=O)cc1)N1CCN(Cc2ccc(F)cc2)C(=O)C1=O. The van der Waals surface area contributed by atoms with Crippen LogP contribution in [-0.2, 0) is 25.7 Å². The molecule has 1 aliphatic rings. The van der Waals surface area contributed by atoms with Gasteiger partial charge in [-0.15, -0.1) is 0 Å². The zero-order valence-electron chi connectivity index (χ0n) is 17.9. The van der Waals surface area contributed by atoms with Gasteiger partial charge in [-0.3, -0.25) is 19.2 Å². The van der Waals surface area contributed by atoms with Crippen LogP contribution < -0.4 is 10.6 Å². The molecular formula is C23H25FN4O4. The molecule has 32 heavy (non-hydrogen) atoms. The summed E-state index contributed by atoms with van der Waals surface area (Å²) in [6.07, 6.45) is 0.340. The number of hydrogen-bond donors (Lipinski definition) is 2. The molecule has 168 valence electrons. The van der Waals surface area contributed by atoms with Crippen LogP contribution in [-0.4, -0.2) is 52.6 Å². The second-order valence-electron chi connectivity index (χ2n) is 7.52. The fourth-order valence-corrected chi connectivity index (χ4v) is 3.56. The van der Waals surface area contributed by atoms with Crippen LogP contribution in [0, 0.1) is 5.82 Å². The van der Waals surface area contributed by atoms with Crippen LogP contribution >= 0.6 is 0 Å². The van der Waals surface area contributed by atoms with Crippen LogP contribution in [0.3, 0.4) is 0 Å². The molecule has 8 nitrogen and oxygen atoms in total. The van der Waals surface area contributed by atoms with E-state index < -0.39 is 23.8 Å². The van der Waals surface area contributed by atoms with Crippen molar-refractivity contribution in [3.05, 3.63) is 59.9 Å². The first-order valence-electron chi connectivity index (χ1n) is 10.3. The summed E-state index contributed by atoms with van der Waals surface area (Å²) in [4.78, 5) is 52.0. The number of carbonyl (C=O) groups excluding carboxylic acids is 4. The number of piperazine rings is 1. The van der Waals surface area contributed by atoms with Gasteiger partial charge in [0, 0.05) is 37.9 Å². The molecule has 3 rings (SSSR count). The van der Waals surface area contributed by atoms with E-state index in [0.717, 1.165) is 0 Å². The van der Waals surface area contributed by atoms with Crippen molar-refractivity contribution in [3.8, 4) is 0 Å². The lowest BCUT2D eigenvalue weighted by Gasteiger charge is -2.37. The maximum absolute atomic E-state index is 13.1. The van der Waals surface area contributed by atoms with Crippen molar-refractivity contribution >= 4 is 35.0 Å². The molecule has 0 radical (unpaired) electrons. The highest BCUT2D eigenvalue weighted by atomic mass is 19.1. The Morgan fingerprint density at radius 2 is 1.53 bits per heavy atom. The van der Waals surface area contributed by atoms with Gasteiger partial charge in [-0.2, -0.15) is 0 Å². The minimum Gasteiger partial charge on any atom is -0.328 e. The van der Waals surface area contributed by atoms with Crippen molar-refractivity contribution in [1.82, 2.24) is 9.80 Å². The maximum Gasteiger partial charge on any atom is 0.312 e. The smallest absolute Gasteiger partial charge is 0.312 e. The molecule has 2 aromatic carbocycles. The van der Waals surface area contributed by atoms with Gasteiger partial charge in [0.05, 0.1) is 0 Å². The predicted molar refractivity (Wildman–Crippen MR) is 117 cm³/mol. The number of nitrogens with zero attached hydrogens (tertiary/aromatic N) is 2. The summed E-state index contributed by atoms with van der Waals surface area (Å²) in [5.41, 5.74) is 1.82. The van der Waals surface area contributed by atoms with Gasteiger partial charge in [0.15, 0.2) is 0 Å². The van der Waals surface area contributed by atoms with Crippen molar-refractivity contribution in [2.24, 2.45) is 0 Å². The molecule has 0 unspecified atom stereocenters. The van der Waals surface area contributed by atoms with Crippen LogP contribution in [0.2, 0.25) is 0 Å². The van der Waals surface area contributed by atoms with Crippen molar-refractivity contribution in [3.63, 3.8) is 0 Å². The molecule has 0 aromatic heterocycles. The molecule has 1 heterocycles. The highest BCUT2D eigenvalue weighted by Gasteiger charge is 2.38. The van der Waals surface area contributed by atoms with Crippen molar-refractivity contribution < 1.29 is 23.6 Å². The average molecular weight is 440 g/mol. The number of halogens is 1. The number of hydrogen-bond acceptors (Lipinski definition) is 4. The fraction of sp³-hybridized carbons (Fsp3) is 0.304. The van der Waals surface area contributed by atoms with Crippen LogP contribution in [0.15, 0.2) is 48.5 Å². The van der Waals surface area contributed by atoms with E-state index in [1.165, 1.54) is 28.9 Å². The summed E-state index contributed by atoms with van der Waals surface area (Å²) in [6, 6.07) is 11.5. The zero-order valence-corrected chi connectivity index (χ0v) is 17.9. The minimum atomic E-state index is -0.797. The summed E-state index contributed by atoms with van der Waals surface area (Å²) >= 11 is 0. The first kappa shape index (κ1) is 22.9. The van der Waals surface area contributed by atoms with E-state index in [1.54, 1.807) is 43.3 Å². The normalized spacial score (nSPS) is 14.8. The van der Waals surface area contributed by atoms with Gasteiger partial charge < -0.3 is 20.4 Å². The quantitative estimate of drug-likeness (QED) is 0.646. The fourth-order valence-electron chi connectivity index (χ4n) is 3.56. The van der Waals surface area contributed by atoms with Gasteiger partial charge >= 0.3 is 11.8 Å². The van der Waals surface area contributed by atoms with Crippen LogP contribution in [0.5, 0.6) is 0 Å². The van der Waals surface area contributed by atoms with Gasteiger partial charge in [0.25, 0.3) is 0 Å². The number of anilines is 2. The molecule has 1 atom stereocenters. The largest absolute Gasteiger partial charge is 0.328 e.